The van der Waals surface area contributed by atoms with Gasteiger partial charge in [-0.2, -0.15) is 0 Å². The molecule has 1 aliphatic rings. The molecule has 1 saturated heterocycles. The second kappa shape index (κ2) is 14.8. The fraction of sp³-hybridized carbons (Fsp3) is 0.357. The van der Waals surface area contributed by atoms with E-state index in [2.05, 4.69) is 10.2 Å². The van der Waals surface area contributed by atoms with Gasteiger partial charge in [-0.15, -0.1) is 22.6 Å². The molecule has 0 aliphatic carbocycles. The van der Waals surface area contributed by atoms with Gasteiger partial charge in [0.2, 0.25) is 0 Å². The number of rotatable bonds is 9. The number of benzene rings is 2. The highest BCUT2D eigenvalue weighted by molar-refractivity contribution is 7.99. The lowest BCUT2D eigenvalue weighted by atomic mass is 9.99. The minimum absolute atomic E-state index is 0. The van der Waals surface area contributed by atoms with E-state index in [-0.39, 0.29) is 19.0 Å². The van der Waals surface area contributed by atoms with Crippen molar-refractivity contribution in [3.8, 4) is 17.1 Å². The lowest BCUT2D eigenvalue weighted by Gasteiger charge is -2.43. The molecule has 224 valence electrons. The van der Waals surface area contributed by atoms with Crippen LogP contribution in [0, 0.1) is 0 Å². The second-order valence-corrected chi connectivity index (χ2v) is 10.1. The van der Waals surface area contributed by atoms with Gasteiger partial charge in [-0.1, -0.05) is 48.5 Å². The predicted molar refractivity (Wildman–Crippen MR) is 152 cm³/mol. The third-order valence-corrected chi connectivity index (χ3v) is 6.94. The van der Waals surface area contributed by atoms with Crippen molar-refractivity contribution in [2.45, 2.75) is 62.7 Å². The molecular weight excluding hydrogens is 590 g/mol. The molecule has 0 bridgehead atoms. The largest absolute Gasteiger partial charge is 0.463 e. The van der Waals surface area contributed by atoms with Crippen LogP contribution in [0.3, 0.4) is 0 Å². The first-order chi connectivity index (χ1) is 19.6. The molecule has 1 aromatic heterocycles. The number of hydrogen-bond donors (Lipinski definition) is 0. The number of ether oxygens (including phenoxy) is 5. The highest BCUT2D eigenvalue weighted by Gasteiger charge is 2.53. The highest BCUT2D eigenvalue weighted by Crippen LogP contribution is 2.39. The van der Waals surface area contributed by atoms with Gasteiger partial charge in [0.25, 0.3) is 0 Å². The number of para-hydroxylation sites is 1. The van der Waals surface area contributed by atoms with E-state index in [9.17, 15) is 19.2 Å². The number of nitrogens with zero attached hydrogens (tertiary/aromatic N) is 3. The van der Waals surface area contributed by atoms with Crippen molar-refractivity contribution < 1.29 is 42.9 Å². The number of carbonyl (C=O) groups is 4. The molecule has 0 amide bonds. The molecule has 1 aliphatic heterocycles. The van der Waals surface area contributed by atoms with E-state index >= 15 is 0 Å². The predicted octanol–water partition coefficient (Wildman–Crippen LogP) is 3.53. The van der Waals surface area contributed by atoms with Crippen molar-refractivity contribution in [1.82, 2.24) is 14.8 Å². The van der Waals surface area contributed by atoms with Crippen molar-refractivity contribution in [2.24, 2.45) is 0 Å². The molecule has 14 heteroatoms. The molecule has 12 nitrogen and oxygen atoms in total. The first-order valence-electron chi connectivity index (χ1n) is 12.7. The molecule has 3 aromatic rings. The lowest BCUT2D eigenvalue weighted by Crippen LogP contribution is -2.61. The van der Waals surface area contributed by atoms with E-state index in [0.717, 1.165) is 23.0 Å². The second-order valence-electron chi connectivity index (χ2n) is 9.03. The number of esters is 4. The summed E-state index contributed by atoms with van der Waals surface area (Å²) < 4.78 is 29.8. The summed E-state index contributed by atoms with van der Waals surface area (Å²) >= 11 is 1.06. The molecule has 4 rings (SSSR count). The molecule has 0 radical (unpaired) electrons. The van der Waals surface area contributed by atoms with Crippen molar-refractivity contribution in [3.63, 3.8) is 0 Å². The van der Waals surface area contributed by atoms with Crippen molar-refractivity contribution in [3.05, 3.63) is 60.7 Å². The van der Waals surface area contributed by atoms with E-state index in [4.69, 9.17) is 23.7 Å². The Labute approximate surface area is 252 Å². The third kappa shape index (κ3) is 8.08. The maximum Gasteiger partial charge on any atom is 0.303 e. The Morgan fingerprint density at radius 2 is 1.31 bits per heavy atom. The van der Waals surface area contributed by atoms with E-state index in [1.165, 1.54) is 27.7 Å². The summed E-state index contributed by atoms with van der Waals surface area (Å²) in [6.45, 7) is 4.43. The summed E-state index contributed by atoms with van der Waals surface area (Å²) in [6.07, 6.45) is -4.84. The zero-order chi connectivity index (χ0) is 29.5. The minimum atomic E-state index is -1.28. The summed E-state index contributed by atoms with van der Waals surface area (Å²) in [4.78, 5) is 48.0. The Bertz CT molecular complexity index is 1390. The highest BCUT2D eigenvalue weighted by atomic mass is 35.5. The zero-order valence-electron chi connectivity index (χ0n) is 23.2. The molecule has 5 atom stereocenters. The Morgan fingerprint density at radius 1 is 0.762 bits per heavy atom. The number of thioether (sulfide) groups is 1. The first kappa shape index (κ1) is 32.6. The number of halogens is 1. The quantitative estimate of drug-likeness (QED) is 0.255. The van der Waals surface area contributed by atoms with Crippen LogP contribution in [0.25, 0.3) is 17.1 Å². The smallest absolute Gasteiger partial charge is 0.303 e. The van der Waals surface area contributed by atoms with Crippen LogP contribution in [-0.2, 0) is 42.9 Å². The Kier molecular flexibility index (Phi) is 11.5. The topological polar surface area (TPSA) is 145 Å². The van der Waals surface area contributed by atoms with Gasteiger partial charge in [0.05, 0.1) is 0 Å². The van der Waals surface area contributed by atoms with Gasteiger partial charge in [0.1, 0.15) is 12.7 Å². The summed E-state index contributed by atoms with van der Waals surface area (Å²) in [7, 11) is 0. The minimum Gasteiger partial charge on any atom is -0.463 e. The van der Waals surface area contributed by atoms with Crippen molar-refractivity contribution in [1.29, 1.82) is 0 Å². The normalized spacial score (nSPS) is 21.4. The zero-order valence-corrected chi connectivity index (χ0v) is 24.8. The van der Waals surface area contributed by atoms with E-state index < -0.39 is 53.7 Å². The maximum absolute atomic E-state index is 12.2. The Balaban J connectivity index is 0.00000484. The first-order valence-corrected chi connectivity index (χ1v) is 13.6. The summed E-state index contributed by atoms with van der Waals surface area (Å²) in [5, 5.41) is 9.20. The van der Waals surface area contributed by atoms with Crippen LogP contribution in [-0.4, -0.2) is 75.1 Å². The number of aromatic nitrogens is 3. The fourth-order valence-corrected chi connectivity index (χ4v) is 5.45. The molecule has 0 spiro atoms. The van der Waals surface area contributed by atoms with E-state index in [1.54, 1.807) is 0 Å². The molecule has 2 aromatic carbocycles. The molecular formula is C28H30ClN3O9S. The lowest BCUT2D eigenvalue weighted by molar-refractivity contribution is -0.237. The molecule has 42 heavy (non-hydrogen) atoms. The van der Waals surface area contributed by atoms with Gasteiger partial charge in [0, 0.05) is 38.9 Å². The Hall–Kier alpha value is -3.94. The summed E-state index contributed by atoms with van der Waals surface area (Å²) in [6, 6.07) is 18.8. The van der Waals surface area contributed by atoms with Crippen molar-refractivity contribution >= 4 is 48.0 Å². The van der Waals surface area contributed by atoms with Gasteiger partial charge in [-0.3, -0.25) is 23.7 Å². The van der Waals surface area contributed by atoms with Crippen molar-refractivity contribution in [2.75, 3.05) is 6.61 Å². The van der Waals surface area contributed by atoms with Crippen LogP contribution in [0.5, 0.6) is 0 Å². The Morgan fingerprint density at radius 3 is 1.88 bits per heavy atom. The standard InChI is InChI=1S/C28H29N3O9S.ClH/c1-16(32)36-15-22-23(37-17(2)33)24(38-18(3)34)25(39-19(4)35)27(40-22)41-28-30-29-26(20-11-7-5-8-12-20)31(28)21-13-9-6-10-14-21;/h5-14,22-25,27H,15H2,1-4H3;1H/t22-,23+,24+,25-,27+;/m1./s1. The third-order valence-electron chi connectivity index (χ3n) is 5.85. The molecule has 1 fully saturated rings. The summed E-state index contributed by atoms with van der Waals surface area (Å²) in [5.41, 5.74) is 0.507. The van der Waals surface area contributed by atoms with Crippen LogP contribution in [0.15, 0.2) is 65.8 Å². The van der Waals surface area contributed by atoms with Gasteiger partial charge >= 0.3 is 23.9 Å². The van der Waals surface area contributed by atoms with E-state index in [1.807, 2.05) is 65.2 Å². The van der Waals surface area contributed by atoms with Crippen LogP contribution in [0.4, 0.5) is 0 Å². The number of hydrogen-bond acceptors (Lipinski definition) is 12. The van der Waals surface area contributed by atoms with Gasteiger partial charge in [0.15, 0.2) is 34.7 Å². The molecule has 0 unspecified atom stereocenters. The molecule has 0 saturated carbocycles. The number of carbonyl (C=O) groups excluding carboxylic acids is 4. The molecule has 2 heterocycles. The van der Waals surface area contributed by atoms with Gasteiger partial charge in [-0.05, 0) is 23.9 Å². The monoisotopic (exact) mass is 619 g/mol. The van der Waals surface area contributed by atoms with Gasteiger partial charge < -0.3 is 23.7 Å². The van der Waals surface area contributed by atoms with Crippen LogP contribution in [0.1, 0.15) is 27.7 Å². The van der Waals surface area contributed by atoms with Crippen LogP contribution >= 0.6 is 24.2 Å². The van der Waals surface area contributed by atoms with Crippen LogP contribution < -0.4 is 0 Å². The average Bonchev–Trinajstić information content (AvgIpc) is 3.34. The van der Waals surface area contributed by atoms with E-state index in [0.29, 0.717) is 11.0 Å². The SMILES string of the molecule is CC(=O)OC[C@H]1O[C@@H](Sc2nnc(-c3ccccc3)n2-c2ccccc2)[C@H](OC(C)=O)[C@@H](OC(C)=O)[C@H]1OC(C)=O.Cl. The fourth-order valence-electron chi connectivity index (χ4n) is 4.32. The summed E-state index contributed by atoms with van der Waals surface area (Å²) in [5.74, 6) is -2.14. The average molecular weight is 620 g/mol. The molecule has 0 N–H and O–H groups in total. The van der Waals surface area contributed by atoms with Crippen LogP contribution in [0.2, 0.25) is 0 Å². The maximum atomic E-state index is 12.2. The van der Waals surface area contributed by atoms with Gasteiger partial charge in [-0.25, -0.2) is 0 Å².